The Labute approximate surface area is 114 Å². The topological polar surface area (TPSA) is 61.4 Å². The number of hydrogen-bond donors (Lipinski definition) is 3. The highest BCUT2D eigenvalue weighted by atomic mass is 32.2. The van der Waals surface area contributed by atoms with Crippen LogP contribution < -0.4 is 10.6 Å². The largest absolute Gasteiger partial charge is 0.396 e. The molecule has 0 saturated heterocycles. The Morgan fingerprint density at radius 2 is 2.11 bits per heavy atom. The number of amides is 2. The molecule has 0 aromatic heterocycles. The van der Waals surface area contributed by atoms with Gasteiger partial charge in [-0.2, -0.15) is 11.8 Å². The van der Waals surface area contributed by atoms with E-state index in [0.717, 1.165) is 12.3 Å². The standard InChI is InChI=1S/C13H26N2O2S/c1-13(6-3-4-7-13)10-14-12(17)15-11(5-8-16)9-18-2/h11,16H,3-10H2,1-2H3,(H2,14,15,17). The van der Waals surface area contributed by atoms with Crippen molar-refractivity contribution in [2.45, 2.75) is 45.1 Å². The lowest BCUT2D eigenvalue weighted by atomic mass is 9.89. The first-order chi connectivity index (χ1) is 8.59. The maximum Gasteiger partial charge on any atom is 0.315 e. The quantitative estimate of drug-likeness (QED) is 0.665. The smallest absolute Gasteiger partial charge is 0.315 e. The summed E-state index contributed by atoms with van der Waals surface area (Å²) in [6.45, 7) is 3.11. The molecule has 1 unspecified atom stereocenters. The molecule has 0 spiro atoms. The van der Waals surface area contributed by atoms with Gasteiger partial charge in [-0.3, -0.25) is 0 Å². The van der Waals surface area contributed by atoms with Crippen LogP contribution in [0.5, 0.6) is 0 Å². The molecule has 0 radical (unpaired) electrons. The maximum atomic E-state index is 11.8. The highest BCUT2D eigenvalue weighted by Crippen LogP contribution is 2.36. The molecule has 5 heteroatoms. The van der Waals surface area contributed by atoms with E-state index in [1.54, 1.807) is 11.8 Å². The summed E-state index contributed by atoms with van der Waals surface area (Å²) < 4.78 is 0. The molecule has 1 saturated carbocycles. The Morgan fingerprint density at radius 3 is 2.67 bits per heavy atom. The van der Waals surface area contributed by atoms with Crippen LogP contribution in [0.1, 0.15) is 39.0 Å². The van der Waals surface area contributed by atoms with Crippen LogP contribution >= 0.6 is 11.8 Å². The molecule has 1 atom stereocenters. The molecule has 1 aliphatic rings. The molecule has 106 valence electrons. The molecule has 0 aromatic rings. The van der Waals surface area contributed by atoms with E-state index in [2.05, 4.69) is 17.6 Å². The molecule has 0 aliphatic heterocycles. The predicted octanol–water partition coefficient (Wildman–Crippen LogP) is 1.98. The number of urea groups is 1. The summed E-state index contributed by atoms with van der Waals surface area (Å²) in [5, 5.41) is 14.8. The van der Waals surface area contributed by atoms with Gasteiger partial charge < -0.3 is 15.7 Å². The summed E-state index contributed by atoms with van der Waals surface area (Å²) in [7, 11) is 0. The van der Waals surface area contributed by atoms with Crippen molar-refractivity contribution in [3.05, 3.63) is 0 Å². The summed E-state index contributed by atoms with van der Waals surface area (Å²) in [5.41, 5.74) is 0.281. The fourth-order valence-electron chi connectivity index (χ4n) is 2.49. The fraction of sp³-hybridized carbons (Fsp3) is 0.923. The number of carbonyl (C=O) groups excluding carboxylic acids is 1. The third-order valence-electron chi connectivity index (χ3n) is 3.67. The summed E-state index contributed by atoms with van der Waals surface area (Å²) in [6, 6.07) is -0.0444. The number of hydrogen-bond acceptors (Lipinski definition) is 3. The lowest BCUT2D eigenvalue weighted by molar-refractivity contribution is 0.223. The summed E-state index contributed by atoms with van der Waals surface area (Å²) in [5.74, 6) is 0.839. The molecule has 2 amide bonds. The van der Waals surface area contributed by atoms with Crippen molar-refractivity contribution in [3.8, 4) is 0 Å². The average Bonchev–Trinajstić information content (AvgIpc) is 2.75. The first-order valence-electron chi connectivity index (χ1n) is 6.74. The average molecular weight is 274 g/mol. The highest BCUT2D eigenvalue weighted by Gasteiger charge is 2.28. The Balaban J connectivity index is 2.26. The van der Waals surface area contributed by atoms with Gasteiger partial charge in [-0.05, 0) is 30.9 Å². The minimum Gasteiger partial charge on any atom is -0.396 e. The third kappa shape index (κ3) is 5.48. The van der Waals surface area contributed by atoms with E-state index >= 15 is 0 Å². The number of carbonyl (C=O) groups is 1. The van der Waals surface area contributed by atoms with Crippen LogP contribution in [0, 0.1) is 5.41 Å². The van der Waals surface area contributed by atoms with Crippen molar-refractivity contribution < 1.29 is 9.90 Å². The van der Waals surface area contributed by atoms with Crippen molar-refractivity contribution in [1.29, 1.82) is 0 Å². The van der Waals surface area contributed by atoms with E-state index in [0.29, 0.717) is 6.42 Å². The zero-order valence-corrected chi connectivity index (χ0v) is 12.3. The van der Waals surface area contributed by atoms with Crippen molar-refractivity contribution in [2.24, 2.45) is 5.41 Å². The van der Waals surface area contributed by atoms with Crippen LogP contribution in [0.4, 0.5) is 4.79 Å². The van der Waals surface area contributed by atoms with E-state index in [9.17, 15) is 4.79 Å². The first kappa shape index (κ1) is 15.6. The molecule has 0 bridgehead atoms. The summed E-state index contributed by atoms with van der Waals surface area (Å²) >= 11 is 1.68. The fourth-order valence-corrected chi connectivity index (χ4v) is 3.14. The normalized spacial score (nSPS) is 19.5. The number of aliphatic hydroxyl groups is 1. The van der Waals surface area contributed by atoms with Gasteiger partial charge in [0.05, 0.1) is 0 Å². The Hall–Kier alpha value is -0.420. The van der Waals surface area contributed by atoms with Crippen LogP contribution in [-0.4, -0.2) is 42.3 Å². The van der Waals surface area contributed by atoms with Crippen LogP contribution in [0.3, 0.4) is 0 Å². The van der Waals surface area contributed by atoms with Gasteiger partial charge in [0.2, 0.25) is 0 Å². The monoisotopic (exact) mass is 274 g/mol. The van der Waals surface area contributed by atoms with E-state index < -0.39 is 0 Å². The maximum absolute atomic E-state index is 11.8. The third-order valence-corrected chi connectivity index (χ3v) is 4.40. The van der Waals surface area contributed by atoms with E-state index in [4.69, 9.17) is 5.11 Å². The second-order valence-electron chi connectivity index (χ2n) is 5.51. The lowest BCUT2D eigenvalue weighted by Crippen LogP contribution is -2.46. The van der Waals surface area contributed by atoms with Gasteiger partial charge in [0.15, 0.2) is 0 Å². The zero-order valence-electron chi connectivity index (χ0n) is 11.5. The van der Waals surface area contributed by atoms with Gasteiger partial charge in [0.25, 0.3) is 0 Å². The van der Waals surface area contributed by atoms with Crippen LogP contribution in [0.15, 0.2) is 0 Å². The van der Waals surface area contributed by atoms with E-state index in [-0.39, 0.29) is 24.1 Å². The van der Waals surface area contributed by atoms with Crippen molar-refractivity contribution in [3.63, 3.8) is 0 Å². The molecule has 18 heavy (non-hydrogen) atoms. The Bertz CT molecular complexity index is 249. The van der Waals surface area contributed by atoms with Gasteiger partial charge in [0.1, 0.15) is 0 Å². The SMILES string of the molecule is CSCC(CCO)NC(=O)NCC1(C)CCCC1. The minimum atomic E-state index is -0.101. The van der Waals surface area contributed by atoms with Gasteiger partial charge >= 0.3 is 6.03 Å². The Morgan fingerprint density at radius 1 is 1.44 bits per heavy atom. The second-order valence-corrected chi connectivity index (χ2v) is 6.42. The number of rotatable bonds is 7. The number of aliphatic hydroxyl groups excluding tert-OH is 1. The van der Waals surface area contributed by atoms with Gasteiger partial charge in [-0.1, -0.05) is 19.8 Å². The number of thioether (sulfide) groups is 1. The molecular formula is C13H26N2O2S. The zero-order chi connectivity index (χ0) is 13.4. The first-order valence-corrected chi connectivity index (χ1v) is 8.13. The van der Waals surface area contributed by atoms with Gasteiger partial charge in [-0.15, -0.1) is 0 Å². The molecule has 3 N–H and O–H groups in total. The van der Waals surface area contributed by atoms with Crippen LogP contribution in [0.2, 0.25) is 0 Å². The highest BCUT2D eigenvalue weighted by molar-refractivity contribution is 7.98. The van der Waals surface area contributed by atoms with Gasteiger partial charge in [0, 0.05) is 24.9 Å². The minimum absolute atomic E-state index is 0.0568. The predicted molar refractivity (Wildman–Crippen MR) is 77.0 cm³/mol. The molecule has 0 aromatic carbocycles. The molecule has 1 fully saturated rings. The van der Waals surface area contributed by atoms with Crippen LogP contribution in [0.25, 0.3) is 0 Å². The molecule has 1 aliphatic carbocycles. The molecule has 4 nitrogen and oxygen atoms in total. The van der Waals surface area contributed by atoms with Crippen LogP contribution in [-0.2, 0) is 0 Å². The van der Waals surface area contributed by atoms with E-state index in [1.807, 2.05) is 6.26 Å². The number of nitrogens with one attached hydrogen (secondary N) is 2. The Kier molecular flexibility index (Phi) is 6.86. The second kappa shape index (κ2) is 7.89. The van der Waals surface area contributed by atoms with Crippen molar-refractivity contribution in [2.75, 3.05) is 25.2 Å². The summed E-state index contributed by atoms with van der Waals surface area (Å²) in [4.78, 5) is 11.8. The van der Waals surface area contributed by atoms with Crippen molar-refractivity contribution in [1.82, 2.24) is 10.6 Å². The van der Waals surface area contributed by atoms with E-state index in [1.165, 1.54) is 25.7 Å². The lowest BCUT2D eigenvalue weighted by Gasteiger charge is -2.25. The molecular weight excluding hydrogens is 248 g/mol. The van der Waals surface area contributed by atoms with Gasteiger partial charge in [-0.25, -0.2) is 4.79 Å². The summed E-state index contributed by atoms with van der Waals surface area (Å²) in [6.07, 6.45) is 7.59. The molecule has 0 heterocycles. The van der Waals surface area contributed by atoms with Crippen molar-refractivity contribution >= 4 is 17.8 Å². The molecule has 1 rings (SSSR count).